The minimum absolute atomic E-state index is 0.00298. The lowest BCUT2D eigenvalue weighted by Gasteiger charge is -2.18. The van der Waals surface area contributed by atoms with E-state index in [9.17, 15) is 15.2 Å². The number of benzene rings is 2. The van der Waals surface area contributed by atoms with Crippen LogP contribution in [-0.4, -0.2) is 15.0 Å². The van der Waals surface area contributed by atoms with Crippen LogP contribution in [0, 0.1) is 10.1 Å². The molecule has 0 saturated heterocycles. The van der Waals surface area contributed by atoms with Crippen molar-refractivity contribution in [3.05, 3.63) is 99.3 Å². The number of anilines is 1. The van der Waals surface area contributed by atoms with Crippen molar-refractivity contribution < 1.29 is 15.0 Å². The molecule has 0 bridgehead atoms. The highest BCUT2D eigenvalue weighted by Crippen LogP contribution is 2.39. The van der Waals surface area contributed by atoms with Crippen molar-refractivity contribution in [1.82, 2.24) is 4.98 Å². The van der Waals surface area contributed by atoms with Gasteiger partial charge in [0.1, 0.15) is 17.3 Å². The average molecular weight is 408 g/mol. The fourth-order valence-electron chi connectivity index (χ4n) is 3.19. The Hall–Kier alpha value is -3.71. The van der Waals surface area contributed by atoms with Gasteiger partial charge in [-0.1, -0.05) is 17.7 Å². The Labute approximate surface area is 170 Å². The van der Waals surface area contributed by atoms with Gasteiger partial charge in [0.2, 0.25) is 0 Å². The van der Waals surface area contributed by atoms with Gasteiger partial charge in [-0.05, 0) is 36.4 Å². The third kappa shape index (κ3) is 3.68. The van der Waals surface area contributed by atoms with Crippen LogP contribution in [0.25, 0.3) is 10.9 Å². The van der Waals surface area contributed by atoms with Gasteiger partial charge in [0.25, 0.3) is 11.5 Å². The van der Waals surface area contributed by atoms with E-state index in [0.717, 1.165) is 5.56 Å². The topological polar surface area (TPSA) is 102 Å². The molecule has 2 aromatic heterocycles. The molecule has 0 spiro atoms. The number of aromatic nitrogens is 2. The van der Waals surface area contributed by atoms with Crippen LogP contribution in [0.5, 0.6) is 5.75 Å². The van der Waals surface area contributed by atoms with Crippen molar-refractivity contribution in [2.75, 3.05) is 5.32 Å². The van der Waals surface area contributed by atoms with Crippen LogP contribution < -0.4 is 10.3 Å². The number of aromatic hydroxyl groups is 1. The standard InChI is InChI=1S/C21H15ClN4O3/c22-17-12-16(21(27)20-15(17)4-3-11-24-20)19(25-18-5-1-2-10-23-18)13-6-8-14(9-7-13)26(28)29/h1-12,19,27H,(H,23,25)/p+1/t19-/m0/s1. The highest BCUT2D eigenvalue weighted by atomic mass is 35.5. The lowest BCUT2D eigenvalue weighted by atomic mass is 9.96. The molecule has 2 heterocycles. The first-order chi connectivity index (χ1) is 14.0. The molecule has 0 aliphatic carbocycles. The number of pyridine rings is 2. The van der Waals surface area contributed by atoms with Gasteiger partial charge in [0, 0.05) is 40.9 Å². The Morgan fingerprint density at radius 3 is 2.62 bits per heavy atom. The highest BCUT2D eigenvalue weighted by Gasteiger charge is 2.26. The lowest BCUT2D eigenvalue weighted by molar-refractivity contribution is -0.384. The van der Waals surface area contributed by atoms with Gasteiger partial charge in [-0.25, -0.2) is 4.98 Å². The van der Waals surface area contributed by atoms with Crippen molar-refractivity contribution in [3.8, 4) is 5.75 Å². The molecule has 0 radical (unpaired) electrons. The third-order valence-corrected chi connectivity index (χ3v) is 4.91. The molecule has 1 atom stereocenters. The number of non-ortho nitro benzene ring substituents is 1. The Kier molecular flexibility index (Phi) is 4.97. The SMILES string of the molecule is O=[N+]([O-])c1ccc([C@H](Nc2cccc[nH+]2)c2cc(Cl)c3cccnc3c2O)cc1. The Morgan fingerprint density at radius 2 is 1.93 bits per heavy atom. The number of hydrogen-bond acceptors (Lipinski definition) is 5. The van der Waals surface area contributed by atoms with E-state index in [0.29, 0.717) is 27.3 Å². The van der Waals surface area contributed by atoms with Crippen LogP contribution in [0.2, 0.25) is 5.02 Å². The third-order valence-electron chi connectivity index (χ3n) is 4.60. The van der Waals surface area contributed by atoms with Gasteiger partial charge in [-0.2, -0.15) is 0 Å². The van der Waals surface area contributed by atoms with Crippen LogP contribution >= 0.6 is 11.6 Å². The summed E-state index contributed by atoms with van der Waals surface area (Å²) in [5.74, 6) is 0.698. The number of nitro benzene ring substituents is 1. The predicted molar refractivity (Wildman–Crippen MR) is 110 cm³/mol. The Morgan fingerprint density at radius 1 is 1.14 bits per heavy atom. The fraction of sp³-hybridized carbons (Fsp3) is 0.0476. The number of phenols is 1. The number of fused-ring (bicyclic) bond motifs is 1. The molecule has 8 heteroatoms. The molecule has 0 fully saturated rings. The van der Waals surface area contributed by atoms with Gasteiger partial charge >= 0.3 is 0 Å². The normalized spacial score (nSPS) is 11.9. The molecule has 0 amide bonds. The quantitative estimate of drug-likeness (QED) is 0.374. The number of nitrogens with one attached hydrogen (secondary N) is 2. The molecule has 0 saturated carbocycles. The summed E-state index contributed by atoms with van der Waals surface area (Å²) in [7, 11) is 0. The number of halogens is 1. The first-order valence-electron chi connectivity index (χ1n) is 8.78. The zero-order valence-corrected chi connectivity index (χ0v) is 15.8. The van der Waals surface area contributed by atoms with E-state index >= 15 is 0 Å². The molecule has 3 N–H and O–H groups in total. The molecule has 4 aromatic rings. The number of phenolic OH excluding ortho intramolecular Hbond substituents is 1. The maximum atomic E-state index is 11.0. The highest BCUT2D eigenvalue weighted by molar-refractivity contribution is 6.35. The lowest BCUT2D eigenvalue weighted by Crippen LogP contribution is -2.19. The van der Waals surface area contributed by atoms with Crippen LogP contribution in [0.4, 0.5) is 11.5 Å². The van der Waals surface area contributed by atoms with E-state index < -0.39 is 11.0 Å². The zero-order valence-electron chi connectivity index (χ0n) is 15.0. The van der Waals surface area contributed by atoms with E-state index in [1.165, 1.54) is 12.1 Å². The molecule has 0 aliphatic rings. The number of aromatic amines is 1. The zero-order chi connectivity index (χ0) is 20.4. The summed E-state index contributed by atoms with van der Waals surface area (Å²) in [6, 6.07) is 16.4. The molecule has 4 rings (SSSR count). The first-order valence-corrected chi connectivity index (χ1v) is 9.16. The molecule has 7 nitrogen and oxygen atoms in total. The summed E-state index contributed by atoms with van der Waals surface area (Å²) < 4.78 is 0. The smallest absolute Gasteiger partial charge is 0.272 e. The van der Waals surface area contributed by atoms with E-state index in [-0.39, 0.29) is 11.4 Å². The van der Waals surface area contributed by atoms with Gasteiger partial charge < -0.3 is 5.11 Å². The molecule has 144 valence electrons. The Bertz CT molecular complexity index is 1180. The van der Waals surface area contributed by atoms with Crippen LogP contribution in [-0.2, 0) is 0 Å². The largest absolute Gasteiger partial charge is 0.505 e. The van der Waals surface area contributed by atoms with Crippen LogP contribution in [0.3, 0.4) is 0 Å². The predicted octanol–water partition coefficient (Wildman–Crippen LogP) is 4.52. The van der Waals surface area contributed by atoms with Gasteiger partial charge in [-0.3, -0.25) is 20.4 Å². The molecule has 29 heavy (non-hydrogen) atoms. The molecule has 0 aliphatic heterocycles. The number of H-pyrrole nitrogens is 1. The maximum Gasteiger partial charge on any atom is 0.272 e. The van der Waals surface area contributed by atoms with Gasteiger partial charge in [-0.15, -0.1) is 0 Å². The van der Waals surface area contributed by atoms with E-state index in [2.05, 4.69) is 15.3 Å². The van der Waals surface area contributed by atoms with Crippen molar-refractivity contribution in [3.63, 3.8) is 0 Å². The molecular formula is C21H16ClN4O3+. The second-order valence-corrected chi connectivity index (χ2v) is 6.81. The number of hydrogen-bond donors (Lipinski definition) is 2. The Balaban J connectivity index is 1.87. The van der Waals surface area contributed by atoms with Crippen molar-refractivity contribution in [2.24, 2.45) is 0 Å². The van der Waals surface area contributed by atoms with E-state index in [1.54, 1.807) is 42.7 Å². The van der Waals surface area contributed by atoms with E-state index in [4.69, 9.17) is 11.6 Å². The number of rotatable bonds is 5. The molecular weight excluding hydrogens is 392 g/mol. The van der Waals surface area contributed by atoms with Crippen molar-refractivity contribution >= 4 is 34.0 Å². The van der Waals surface area contributed by atoms with Crippen molar-refractivity contribution in [1.29, 1.82) is 0 Å². The van der Waals surface area contributed by atoms with Gasteiger partial charge in [0.05, 0.1) is 16.1 Å². The minimum atomic E-state index is -0.529. The second kappa shape index (κ2) is 7.73. The second-order valence-electron chi connectivity index (χ2n) is 6.40. The summed E-state index contributed by atoms with van der Waals surface area (Å²) >= 11 is 6.46. The van der Waals surface area contributed by atoms with Crippen LogP contribution in [0.15, 0.2) is 73.1 Å². The summed E-state index contributed by atoms with van der Waals surface area (Å²) in [6.45, 7) is 0. The van der Waals surface area contributed by atoms with Crippen molar-refractivity contribution in [2.45, 2.75) is 6.04 Å². The first kappa shape index (κ1) is 18.6. The molecule has 2 aromatic carbocycles. The fourth-order valence-corrected chi connectivity index (χ4v) is 3.46. The number of nitrogens with zero attached hydrogens (tertiary/aromatic N) is 2. The minimum Gasteiger partial charge on any atom is -0.505 e. The summed E-state index contributed by atoms with van der Waals surface area (Å²) in [4.78, 5) is 17.9. The summed E-state index contributed by atoms with van der Waals surface area (Å²) in [5, 5.41) is 26.4. The van der Waals surface area contributed by atoms with E-state index in [1.807, 2.05) is 18.2 Å². The monoisotopic (exact) mass is 407 g/mol. The average Bonchev–Trinajstić information content (AvgIpc) is 2.76. The number of nitro groups is 1. The maximum absolute atomic E-state index is 11.0. The summed E-state index contributed by atoms with van der Waals surface area (Å²) in [5.41, 5.74) is 1.60. The summed E-state index contributed by atoms with van der Waals surface area (Å²) in [6.07, 6.45) is 3.35. The molecule has 0 unspecified atom stereocenters. The van der Waals surface area contributed by atoms with Crippen LogP contribution in [0.1, 0.15) is 17.2 Å². The van der Waals surface area contributed by atoms with Gasteiger partial charge in [0.15, 0.2) is 0 Å².